The zero-order valence-electron chi connectivity index (χ0n) is 19.8. The summed E-state index contributed by atoms with van der Waals surface area (Å²) in [6, 6.07) is 11.9. The second-order valence-corrected chi connectivity index (χ2v) is 10.5. The first kappa shape index (κ1) is 26.7. The zero-order valence-corrected chi connectivity index (χ0v) is 21.3. The number of carbonyl (C=O) groups excluding carboxylic acids is 2. The zero-order chi connectivity index (χ0) is 24.8. The van der Waals surface area contributed by atoms with E-state index >= 15 is 0 Å². The Morgan fingerprint density at radius 3 is 2.36 bits per heavy atom. The molecule has 0 unspecified atom stereocenters. The molecule has 180 valence electrons. The third-order valence-corrected chi connectivity index (χ3v) is 7.02. The van der Waals surface area contributed by atoms with Crippen LogP contribution in [0, 0.1) is 13.8 Å². The van der Waals surface area contributed by atoms with Gasteiger partial charge in [-0.05, 0) is 68.1 Å². The molecule has 0 aromatic heterocycles. The van der Waals surface area contributed by atoms with E-state index in [2.05, 4.69) is 5.32 Å². The number of nitrogens with zero attached hydrogens (tertiary/aromatic N) is 2. The highest BCUT2D eigenvalue weighted by Gasteiger charge is 2.26. The normalized spacial score (nSPS) is 12.2. The van der Waals surface area contributed by atoms with Crippen molar-refractivity contribution in [2.24, 2.45) is 0 Å². The highest BCUT2D eigenvalue weighted by Crippen LogP contribution is 2.22. The van der Waals surface area contributed by atoms with Crippen molar-refractivity contribution >= 4 is 39.1 Å². The number of carbonyl (C=O) groups is 2. The van der Waals surface area contributed by atoms with Gasteiger partial charge < -0.3 is 10.2 Å². The molecule has 0 saturated heterocycles. The van der Waals surface area contributed by atoms with E-state index in [1.54, 1.807) is 31.2 Å². The van der Waals surface area contributed by atoms with E-state index in [-0.39, 0.29) is 31.3 Å². The van der Waals surface area contributed by atoms with Gasteiger partial charge in [-0.2, -0.15) is 0 Å². The minimum absolute atomic E-state index is 0.0960. The van der Waals surface area contributed by atoms with Gasteiger partial charge in [0, 0.05) is 31.6 Å². The molecule has 2 aromatic carbocycles. The quantitative estimate of drug-likeness (QED) is 0.547. The summed E-state index contributed by atoms with van der Waals surface area (Å²) < 4.78 is 26.1. The van der Waals surface area contributed by atoms with Crippen LogP contribution in [0.3, 0.4) is 0 Å². The van der Waals surface area contributed by atoms with E-state index in [1.807, 2.05) is 32.0 Å². The Labute approximate surface area is 201 Å². The molecule has 2 aromatic rings. The fourth-order valence-electron chi connectivity index (χ4n) is 3.51. The number of hydrogen-bond acceptors (Lipinski definition) is 4. The number of sulfonamides is 1. The maximum absolute atomic E-state index is 13.1. The summed E-state index contributed by atoms with van der Waals surface area (Å²) in [7, 11) is -2.00. The van der Waals surface area contributed by atoms with E-state index in [9.17, 15) is 18.0 Å². The molecular weight excluding hydrogens is 462 g/mol. The number of anilines is 1. The Balaban J connectivity index is 2.16. The van der Waals surface area contributed by atoms with E-state index in [1.165, 1.54) is 16.3 Å². The summed E-state index contributed by atoms with van der Waals surface area (Å²) in [5.74, 6) is -0.516. The Hall–Kier alpha value is -2.58. The molecule has 0 heterocycles. The summed E-state index contributed by atoms with van der Waals surface area (Å²) >= 11 is 6.07. The molecule has 0 aliphatic rings. The molecule has 0 radical (unpaired) electrons. The number of halogens is 1. The molecule has 0 fully saturated rings. The van der Waals surface area contributed by atoms with Gasteiger partial charge in [0.2, 0.25) is 21.8 Å². The maximum atomic E-state index is 13.1. The van der Waals surface area contributed by atoms with Gasteiger partial charge in [-0.3, -0.25) is 13.9 Å². The largest absolute Gasteiger partial charge is 0.357 e. The van der Waals surface area contributed by atoms with Crippen LogP contribution in [0.2, 0.25) is 5.02 Å². The highest BCUT2D eigenvalue weighted by atomic mass is 35.5. The Kier molecular flexibility index (Phi) is 9.31. The lowest BCUT2D eigenvalue weighted by Crippen LogP contribution is -2.46. The van der Waals surface area contributed by atoms with Crippen molar-refractivity contribution in [2.75, 3.05) is 24.2 Å². The number of aryl methyl sites for hydroxylation is 2. The first-order valence-electron chi connectivity index (χ1n) is 10.7. The number of benzene rings is 2. The predicted octanol–water partition coefficient (Wildman–Crippen LogP) is 3.67. The topological polar surface area (TPSA) is 86.8 Å². The fraction of sp³-hybridized carbons (Fsp3) is 0.417. The van der Waals surface area contributed by atoms with Gasteiger partial charge in [-0.15, -0.1) is 0 Å². The van der Waals surface area contributed by atoms with Crippen molar-refractivity contribution in [1.29, 1.82) is 0 Å². The van der Waals surface area contributed by atoms with E-state index in [0.717, 1.165) is 22.9 Å². The molecule has 7 nitrogen and oxygen atoms in total. The standard InChI is InChI=1S/C24H32ClN3O4S/c1-17-11-12-22(14-18(17)2)28(33(5,31)32)13-7-10-23(29)27(19(3)24(30)26-4)16-20-8-6-9-21(25)15-20/h6,8-9,11-12,14-15,19H,7,10,13,16H2,1-5H3,(H,26,30)/t19-/m0/s1. The number of amides is 2. The molecule has 0 bridgehead atoms. The third kappa shape index (κ3) is 7.47. The van der Waals surface area contributed by atoms with Crippen molar-refractivity contribution in [1.82, 2.24) is 10.2 Å². The molecule has 0 aliphatic carbocycles. The van der Waals surface area contributed by atoms with Crippen LogP contribution in [0.4, 0.5) is 5.69 Å². The van der Waals surface area contributed by atoms with Crippen molar-refractivity contribution in [3.8, 4) is 0 Å². The molecule has 0 saturated carbocycles. The van der Waals surface area contributed by atoms with Crippen molar-refractivity contribution < 1.29 is 18.0 Å². The first-order valence-corrected chi connectivity index (χ1v) is 13.0. The van der Waals surface area contributed by atoms with Crippen LogP contribution in [0.5, 0.6) is 0 Å². The van der Waals surface area contributed by atoms with Gasteiger partial charge >= 0.3 is 0 Å². The first-order chi connectivity index (χ1) is 15.4. The maximum Gasteiger partial charge on any atom is 0.242 e. The highest BCUT2D eigenvalue weighted by molar-refractivity contribution is 7.92. The lowest BCUT2D eigenvalue weighted by Gasteiger charge is -2.29. The molecule has 9 heteroatoms. The van der Waals surface area contributed by atoms with E-state index < -0.39 is 16.1 Å². The number of hydrogen-bond donors (Lipinski definition) is 1. The van der Waals surface area contributed by atoms with Crippen molar-refractivity contribution in [3.63, 3.8) is 0 Å². The molecule has 0 spiro atoms. The van der Waals surface area contributed by atoms with Gasteiger partial charge in [0.25, 0.3) is 0 Å². The third-order valence-electron chi connectivity index (χ3n) is 5.59. The molecule has 2 amide bonds. The predicted molar refractivity (Wildman–Crippen MR) is 133 cm³/mol. The number of likely N-dealkylation sites (N-methyl/N-ethyl adjacent to an activating group) is 1. The van der Waals surface area contributed by atoms with Gasteiger partial charge in [-0.1, -0.05) is 29.8 Å². The van der Waals surface area contributed by atoms with Gasteiger partial charge in [0.15, 0.2) is 0 Å². The number of nitrogens with one attached hydrogen (secondary N) is 1. The molecular formula is C24H32ClN3O4S. The molecule has 33 heavy (non-hydrogen) atoms. The average molecular weight is 494 g/mol. The lowest BCUT2D eigenvalue weighted by atomic mass is 10.1. The van der Waals surface area contributed by atoms with Crippen LogP contribution in [0.15, 0.2) is 42.5 Å². The SMILES string of the molecule is CNC(=O)[C@H](C)N(Cc1cccc(Cl)c1)C(=O)CCCN(c1ccc(C)c(C)c1)S(C)(=O)=O. The van der Waals surface area contributed by atoms with Crippen LogP contribution < -0.4 is 9.62 Å². The van der Waals surface area contributed by atoms with Crippen molar-refractivity contribution in [3.05, 3.63) is 64.2 Å². The summed E-state index contributed by atoms with van der Waals surface area (Å²) in [6.45, 7) is 5.94. The summed E-state index contributed by atoms with van der Waals surface area (Å²) in [5.41, 5.74) is 3.44. The van der Waals surface area contributed by atoms with Gasteiger partial charge in [0.1, 0.15) is 6.04 Å². The molecule has 0 aliphatic heterocycles. The Morgan fingerprint density at radius 1 is 1.09 bits per heavy atom. The monoisotopic (exact) mass is 493 g/mol. The number of rotatable bonds is 10. The second-order valence-electron chi connectivity index (χ2n) is 8.15. The molecule has 1 atom stereocenters. The van der Waals surface area contributed by atoms with Gasteiger partial charge in [-0.25, -0.2) is 8.42 Å². The summed E-state index contributed by atoms with van der Waals surface area (Å²) in [5, 5.41) is 3.12. The molecule has 2 rings (SSSR count). The minimum atomic E-state index is -3.52. The Bertz CT molecular complexity index is 1100. The Morgan fingerprint density at radius 2 is 1.79 bits per heavy atom. The van der Waals surface area contributed by atoms with Crippen LogP contribution in [-0.2, 0) is 26.2 Å². The summed E-state index contributed by atoms with van der Waals surface area (Å²) in [4.78, 5) is 26.9. The lowest BCUT2D eigenvalue weighted by molar-refractivity contribution is -0.140. The minimum Gasteiger partial charge on any atom is -0.357 e. The van der Waals surface area contributed by atoms with E-state index in [4.69, 9.17) is 11.6 Å². The summed E-state index contributed by atoms with van der Waals surface area (Å²) in [6.07, 6.45) is 1.56. The van der Waals surface area contributed by atoms with Crippen LogP contribution in [-0.4, -0.2) is 51.0 Å². The van der Waals surface area contributed by atoms with Crippen LogP contribution in [0.1, 0.15) is 36.5 Å². The second kappa shape index (κ2) is 11.5. The van der Waals surface area contributed by atoms with Gasteiger partial charge in [0.05, 0.1) is 11.9 Å². The molecule has 1 N–H and O–H groups in total. The average Bonchev–Trinajstić information content (AvgIpc) is 2.75. The fourth-order valence-corrected chi connectivity index (χ4v) is 4.68. The van der Waals surface area contributed by atoms with Crippen LogP contribution >= 0.6 is 11.6 Å². The van der Waals surface area contributed by atoms with E-state index in [0.29, 0.717) is 17.1 Å². The smallest absolute Gasteiger partial charge is 0.242 e. The van der Waals surface area contributed by atoms with Crippen LogP contribution in [0.25, 0.3) is 0 Å². The van der Waals surface area contributed by atoms with Crippen molar-refractivity contribution in [2.45, 2.75) is 46.2 Å².